The summed E-state index contributed by atoms with van der Waals surface area (Å²) in [6, 6.07) is 3.09. The molecule has 5 heteroatoms. The molecule has 1 aromatic heterocycles. The number of rotatable bonds is 2. The van der Waals surface area contributed by atoms with Gasteiger partial charge in [0, 0.05) is 18.3 Å². The van der Waals surface area contributed by atoms with Crippen LogP contribution in [0.1, 0.15) is 47.5 Å². The summed E-state index contributed by atoms with van der Waals surface area (Å²) in [4.78, 5) is 29.0. The van der Waals surface area contributed by atoms with Gasteiger partial charge in [0.15, 0.2) is 0 Å². The second-order valence-corrected chi connectivity index (χ2v) is 4.72. The van der Waals surface area contributed by atoms with Crippen molar-refractivity contribution in [3.63, 3.8) is 0 Å². The monoisotopic (exact) mass is 248 g/mol. The van der Waals surface area contributed by atoms with Crippen molar-refractivity contribution in [2.75, 3.05) is 0 Å². The molecular weight excluding hydrogens is 232 g/mol. The number of carboxylic acid groups (broad SMARTS) is 1. The molecule has 2 unspecified atom stereocenters. The predicted octanol–water partition coefficient (Wildman–Crippen LogP) is 1.79. The van der Waals surface area contributed by atoms with Gasteiger partial charge in [0.05, 0.1) is 5.56 Å². The minimum Gasteiger partial charge on any atom is -0.478 e. The molecule has 1 aliphatic heterocycles. The number of hydrogen-bond donors (Lipinski definition) is 1. The van der Waals surface area contributed by atoms with E-state index < -0.39 is 5.97 Å². The minimum atomic E-state index is -1.05. The number of nitrogens with zero attached hydrogens (tertiary/aromatic N) is 2. The fourth-order valence-corrected chi connectivity index (χ4v) is 2.41. The van der Waals surface area contributed by atoms with Crippen LogP contribution in [0.2, 0.25) is 0 Å². The van der Waals surface area contributed by atoms with Crippen molar-refractivity contribution in [2.45, 2.75) is 38.8 Å². The lowest BCUT2D eigenvalue weighted by Crippen LogP contribution is -2.39. The Balaban J connectivity index is 2.28. The van der Waals surface area contributed by atoms with E-state index in [4.69, 9.17) is 5.11 Å². The summed E-state index contributed by atoms with van der Waals surface area (Å²) in [6.07, 6.45) is 3.32. The molecule has 96 valence electrons. The average Bonchev–Trinajstić information content (AvgIpc) is 2.68. The van der Waals surface area contributed by atoms with Gasteiger partial charge < -0.3 is 10.0 Å². The van der Waals surface area contributed by atoms with Gasteiger partial charge in [-0.25, -0.2) is 4.79 Å². The quantitative estimate of drug-likeness (QED) is 0.866. The molecule has 2 heterocycles. The lowest BCUT2D eigenvalue weighted by atomic mass is 10.2. The fourth-order valence-electron chi connectivity index (χ4n) is 2.41. The normalized spacial score (nSPS) is 23.1. The van der Waals surface area contributed by atoms with Crippen LogP contribution in [0.15, 0.2) is 18.3 Å². The number of carbonyl (C=O) groups is 2. The van der Waals surface area contributed by atoms with E-state index >= 15 is 0 Å². The SMILES string of the molecule is CC1CCC(C)N1C(=O)c1cc(C(=O)O)ccn1. The first-order chi connectivity index (χ1) is 8.50. The second kappa shape index (κ2) is 4.76. The second-order valence-electron chi connectivity index (χ2n) is 4.72. The molecule has 2 atom stereocenters. The van der Waals surface area contributed by atoms with E-state index in [0.29, 0.717) is 0 Å². The summed E-state index contributed by atoms with van der Waals surface area (Å²) < 4.78 is 0. The summed E-state index contributed by atoms with van der Waals surface area (Å²) >= 11 is 0. The molecule has 0 aromatic carbocycles. The molecule has 1 aliphatic rings. The molecule has 0 bridgehead atoms. The first-order valence-electron chi connectivity index (χ1n) is 6.02. The molecule has 0 aliphatic carbocycles. The Labute approximate surface area is 105 Å². The molecule has 5 nitrogen and oxygen atoms in total. The highest BCUT2D eigenvalue weighted by Crippen LogP contribution is 2.25. The van der Waals surface area contributed by atoms with E-state index in [1.165, 1.54) is 18.3 Å². The third-order valence-electron chi connectivity index (χ3n) is 3.41. The zero-order valence-electron chi connectivity index (χ0n) is 10.5. The molecule has 1 saturated heterocycles. The van der Waals surface area contributed by atoms with Gasteiger partial charge in [-0.05, 0) is 38.8 Å². The van der Waals surface area contributed by atoms with Crippen LogP contribution < -0.4 is 0 Å². The molecule has 1 N–H and O–H groups in total. The van der Waals surface area contributed by atoms with Crippen molar-refractivity contribution in [1.82, 2.24) is 9.88 Å². The highest BCUT2D eigenvalue weighted by molar-refractivity contribution is 5.96. The van der Waals surface area contributed by atoms with Gasteiger partial charge in [-0.1, -0.05) is 0 Å². The van der Waals surface area contributed by atoms with Crippen LogP contribution in [0.4, 0.5) is 0 Å². The van der Waals surface area contributed by atoms with Gasteiger partial charge in [-0.2, -0.15) is 0 Å². The maximum absolute atomic E-state index is 12.3. The molecule has 1 amide bonds. The van der Waals surface area contributed by atoms with Gasteiger partial charge in [-0.3, -0.25) is 9.78 Å². The summed E-state index contributed by atoms with van der Waals surface area (Å²) in [5.41, 5.74) is 0.295. The van der Waals surface area contributed by atoms with Gasteiger partial charge in [-0.15, -0.1) is 0 Å². The van der Waals surface area contributed by atoms with Crippen LogP contribution in [0.25, 0.3) is 0 Å². The number of carbonyl (C=O) groups excluding carboxylic acids is 1. The zero-order chi connectivity index (χ0) is 13.3. The smallest absolute Gasteiger partial charge is 0.335 e. The van der Waals surface area contributed by atoms with Crippen LogP contribution in [0.3, 0.4) is 0 Å². The highest BCUT2D eigenvalue weighted by Gasteiger charge is 2.32. The van der Waals surface area contributed by atoms with E-state index in [0.717, 1.165) is 12.8 Å². The minimum absolute atomic E-state index is 0.0906. The van der Waals surface area contributed by atoms with Gasteiger partial charge in [0.2, 0.25) is 0 Å². The highest BCUT2D eigenvalue weighted by atomic mass is 16.4. The van der Waals surface area contributed by atoms with E-state index in [1.807, 2.05) is 13.8 Å². The van der Waals surface area contributed by atoms with E-state index in [1.54, 1.807) is 4.90 Å². The number of hydrogen-bond acceptors (Lipinski definition) is 3. The van der Waals surface area contributed by atoms with Crippen molar-refractivity contribution in [3.05, 3.63) is 29.6 Å². The van der Waals surface area contributed by atoms with Crippen molar-refractivity contribution in [2.24, 2.45) is 0 Å². The Bertz CT molecular complexity index is 477. The number of carboxylic acids is 1. The van der Waals surface area contributed by atoms with Crippen molar-refractivity contribution < 1.29 is 14.7 Å². The predicted molar refractivity (Wildman–Crippen MR) is 65.5 cm³/mol. The Morgan fingerprint density at radius 3 is 2.50 bits per heavy atom. The number of aromatic carboxylic acids is 1. The molecule has 18 heavy (non-hydrogen) atoms. The number of amides is 1. The fraction of sp³-hybridized carbons (Fsp3) is 0.462. The number of pyridine rings is 1. The van der Waals surface area contributed by atoms with Gasteiger partial charge in [0.25, 0.3) is 5.91 Å². The Morgan fingerprint density at radius 1 is 1.33 bits per heavy atom. The summed E-state index contributed by atoms with van der Waals surface area (Å²) in [5, 5.41) is 8.91. The largest absolute Gasteiger partial charge is 0.478 e. The lowest BCUT2D eigenvalue weighted by molar-refractivity contribution is 0.0686. The van der Waals surface area contributed by atoms with Crippen molar-refractivity contribution >= 4 is 11.9 Å². The molecule has 0 saturated carbocycles. The van der Waals surface area contributed by atoms with Gasteiger partial charge >= 0.3 is 5.97 Å². The first kappa shape index (κ1) is 12.5. The van der Waals surface area contributed by atoms with Crippen molar-refractivity contribution in [1.29, 1.82) is 0 Å². The molecular formula is C13H16N2O3. The Hall–Kier alpha value is -1.91. The van der Waals surface area contributed by atoms with E-state index in [-0.39, 0.29) is 29.2 Å². The zero-order valence-corrected chi connectivity index (χ0v) is 10.5. The van der Waals surface area contributed by atoms with Gasteiger partial charge in [0.1, 0.15) is 5.69 Å². The number of aromatic nitrogens is 1. The molecule has 1 fully saturated rings. The van der Waals surface area contributed by atoms with Crippen molar-refractivity contribution in [3.8, 4) is 0 Å². The summed E-state index contributed by atoms with van der Waals surface area (Å²) in [7, 11) is 0. The van der Waals surface area contributed by atoms with Crippen LogP contribution in [0.5, 0.6) is 0 Å². The molecule has 2 rings (SSSR count). The van der Waals surface area contributed by atoms with Crippen LogP contribution in [-0.2, 0) is 0 Å². The van der Waals surface area contributed by atoms with E-state index in [9.17, 15) is 9.59 Å². The Kier molecular flexibility index (Phi) is 3.32. The third kappa shape index (κ3) is 2.20. The third-order valence-corrected chi connectivity index (χ3v) is 3.41. The lowest BCUT2D eigenvalue weighted by Gasteiger charge is -2.25. The van der Waals surface area contributed by atoms with E-state index in [2.05, 4.69) is 4.98 Å². The Morgan fingerprint density at radius 2 is 1.94 bits per heavy atom. The van der Waals surface area contributed by atoms with Crippen LogP contribution >= 0.6 is 0 Å². The topological polar surface area (TPSA) is 70.5 Å². The molecule has 1 aromatic rings. The maximum Gasteiger partial charge on any atom is 0.335 e. The van der Waals surface area contributed by atoms with Crippen LogP contribution in [-0.4, -0.2) is 39.0 Å². The molecule has 0 spiro atoms. The number of likely N-dealkylation sites (tertiary alicyclic amines) is 1. The first-order valence-corrected chi connectivity index (χ1v) is 6.02. The van der Waals surface area contributed by atoms with Crippen LogP contribution in [0, 0.1) is 0 Å². The average molecular weight is 248 g/mol. The standard InChI is InChI=1S/C13H16N2O3/c1-8-3-4-9(2)15(8)12(16)11-7-10(13(17)18)5-6-14-11/h5-9H,3-4H2,1-2H3,(H,17,18). The maximum atomic E-state index is 12.3. The summed E-state index contributed by atoms with van der Waals surface area (Å²) in [6.45, 7) is 4.00. The summed E-state index contributed by atoms with van der Waals surface area (Å²) in [5.74, 6) is -1.23. The molecule has 0 radical (unpaired) electrons.